The molecule has 0 radical (unpaired) electrons. The second kappa shape index (κ2) is 11.1. The third-order valence-corrected chi connectivity index (χ3v) is 5.69. The minimum atomic E-state index is -1.49. The molecular weight excluding hydrogens is 430 g/mol. The van der Waals surface area contributed by atoms with Crippen molar-refractivity contribution in [3.8, 4) is 17.1 Å². The molecule has 1 aromatic heterocycles. The lowest BCUT2D eigenvalue weighted by Crippen LogP contribution is -2.60. The Morgan fingerprint density at radius 1 is 1.12 bits per heavy atom. The van der Waals surface area contributed by atoms with Gasteiger partial charge in [-0.2, -0.15) is 0 Å². The van der Waals surface area contributed by atoms with Crippen LogP contribution in [0.3, 0.4) is 0 Å². The molecule has 10 nitrogen and oxygen atoms in total. The van der Waals surface area contributed by atoms with Crippen LogP contribution in [-0.2, 0) is 17.6 Å². The Balaban J connectivity index is 1.99. The molecule has 0 bridgehead atoms. The minimum Gasteiger partial charge on any atom is -0.493 e. The van der Waals surface area contributed by atoms with E-state index in [9.17, 15) is 25.2 Å². The molecule has 1 aromatic carbocycles. The zero-order chi connectivity index (χ0) is 24.1. The number of aliphatic hydroxyl groups is 4. The van der Waals surface area contributed by atoms with Crippen LogP contribution in [0.2, 0.25) is 0 Å². The number of hydrogen-bond donors (Lipinski definition) is 6. The molecule has 33 heavy (non-hydrogen) atoms. The number of aromatic nitrogens is 2. The molecule has 2 heterocycles. The highest BCUT2D eigenvalue weighted by atomic mass is 16.6. The third-order valence-electron chi connectivity index (χ3n) is 5.69. The molecule has 6 N–H and O–H groups in total. The molecule has 0 aliphatic carbocycles. The highest BCUT2D eigenvalue weighted by molar-refractivity contribution is 5.70. The van der Waals surface area contributed by atoms with E-state index in [2.05, 4.69) is 15.3 Å². The number of benzene rings is 1. The van der Waals surface area contributed by atoms with Gasteiger partial charge in [0.05, 0.1) is 24.5 Å². The van der Waals surface area contributed by atoms with Crippen LogP contribution in [0.5, 0.6) is 5.75 Å². The van der Waals surface area contributed by atoms with Crippen LogP contribution in [-0.4, -0.2) is 74.3 Å². The van der Waals surface area contributed by atoms with Crippen molar-refractivity contribution in [3.63, 3.8) is 0 Å². The highest BCUT2D eigenvalue weighted by Gasteiger charge is 2.43. The summed E-state index contributed by atoms with van der Waals surface area (Å²) >= 11 is 0. The molecule has 2 aromatic rings. The molecule has 0 spiro atoms. The average molecular weight is 464 g/mol. The van der Waals surface area contributed by atoms with Crippen molar-refractivity contribution in [3.05, 3.63) is 39.8 Å². The first kappa shape index (κ1) is 25.1. The number of aliphatic hydroxyl groups excluding tert-OH is 4. The van der Waals surface area contributed by atoms with Crippen LogP contribution in [0, 0.1) is 0 Å². The Morgan fingerprint density at radius 2 is 1.88 bits per heavy atom. The van der Waals surface area contributed by atoms with E-state index in [1.165, 1.54) is 0 Å². The molecule has 1 fully saturated rings. The number of nitrogens with one attached hydrogen (secondary N) is 2. The summed E-state index contributed by atoms with van der Waals surface area (Å²) < 4.78 is 11.4. The van der Waals surface area contributed by atoms with E-state index in [1.807, 2.05) is 20.8 Å². The summed E-state index contributed by atoms with van der Waals surface area (Å²) in [4.78, 5) is 20.2. The lowest BCUT2D eigenvalue weighted by Gasteiger charge is -2.40. The first-order chi connectivity index (χ1) is 15.8. The number of anilines is 1. The molecule has 0 saturated carbocycles. The number of ether oxygens (including phenoxy) is 2. The normalized spacial score (nSPS) is 25.1. The topological polar surface area (TPSA) is 157 Å². The molecule has 182 valence electrons. The van der Waals surface area contributed by atoms with Gasteiger partial charge in [0.25, 0.3) is 5.56 Å². The largest absolute Gasteiger partial charge is 0.493 e. The number of H-pyrrole nitrogens is 1. The summed E-state index contributed by atoms with van der Waals surface area (Å²) in [6.45, 7) is 5.79. The van der Waals surface area contributed by atoms with Crippen LogP contribution >= 0.6 is 0 Å². The van der Waals surface area contributed by atoms with Crippen LogP contribution in [0.15, 0.2) is 23.0 Å². The summed E-state index contributed by atoms with van der Waals surface area (Å²) in [6.07, 6.45) is -4.51. The van der Waals surface area contributed by atoms with E-state index in [-0.39, 0.29) is 5.56 Å². The predicted molar refractivity (Wildman–Crippen MR) is 122 cm³/mol. The Kier molecular flexibility index (Phi) is 8.44. The van der Waals surface area contributed by atoms with Gasteiger partial charge in [0.2, 0.25) is 0 Å². The first-order valence-electron chi connectivity index (χ1n) is 11.3. The molecule has 5 atom stereocenters. The van der Waals surface area contributed by atoms with Gasteiger partial charge in [-0.15, -0.1) is 0 Å². The fraction of sp³-hybridized carbons (Fsp3) is 0.565. The lowest BCUT2D eigenvalue weighted by atomic mass is 9.98. The van der Waals surface area contributed by atoms with Crippen LogP contribution in [0.4, 0.5) is 5.69 Å². The summed E-state index contributed by atoms with van der Waals surface area (Å²) in [5.41, 5.74) is 2.21. The molecule has 0 amide bonds. The SMILES string of the molecule is CCCOc1ccc(NC2OC(CO)C(O)C(O)C2O)cc1-c1nc(CC)c(CC)c(=O)[nH]1. The zero-order valence-electron chi connectivity index (χ0n) is 19.1. The fourth-order valence-electron chi connectivity index (χ4n) is 3.86. The van der Waals surface area contributed by atoms with Crippen LogP contribution in [0.25, 0.3) is 11.4 Å². The molecular formula is C23H33N3O7. The Labute approximate surface area is 192 Å². The number of hydrogen-bond acceptors (Lipinski definition) is 9. The molecule has 1 aliphatic rings. The van der Waals surface area contributed by atoms with Crippen molar-refractivity contribution < 1.29 is 29.9 Å². The summed E-state index contributed by atoms with van der Waals surface area (Å²) in [7, 11) is 0. The van der Waals surface area contributed by atoms with Gasteiger partial charge in [0.15, 0.2) is 6.23 Å². The summed E-state index contributed by atoms with van der Waals surface area (Å²) in [5, 5.41) is 42.8. The first-order valence-corrected chi connectivity index (χ1v) is 11.3. The molecule has 1 aliphatic heterocycles. The number of aryl methyl sites for hydroxylation is 1. The predicted octanol–water partition coefficient (Wildman–Crippen LogP) is 0.562. The van der Waals surface area contributed by atoms with Gasteiger partial charge >= 0.3 is 0 Å². The van der Waals surface area contributed by atoms with E-state index >= 15 is 0 Å². The minimum absolute atomic E-state index is 0.201. The van der Waals surface area contributed by atoms with E-state index in [4.69, 9.17) is 9.47 Å². The van der Waals surface area contributed by atoms with E-state index in [0.29, 0.717) is 53.5 Å². The monoisotopic (exact) mass is 463 g/mol. The number of aromatic amines is 1. The maximum Gasteiger partial charge on any atom is 0.254 e. The van der Waals surface area contributed by atoms with Gasteiger partial charge in [-0.25, -0.2) is 4.98 Å². The quantitative estimate of drug-likeness (QED) is 0.313. The number of nitrogens with zero attached hydrogens (tertiary/aromatic N) is 1. The smallest absolute Gasteiger partial charge is 0.254 e. The Hall–Kier alpha value is -2.50. The average Bonchev–Trinajstić information content (AvgIpc) is 2.82. The maximum absolute atomic E-state index is 12.7. The van der Waals surface area contributed by atoms with Crippen molar-refractivity contribution in [2.75, 3.05) is 18.5 Å². The number of rotatable bonds is 9. The van der Waals surface area contributed by atoms with Gasteiger partial charge in [-0.05, 0) is 37.5 Å². The van der Waals surface area contributed by atoms with E-state index < -0.39 is 37.3 Å². The van der Waals surface area contributed by atoms with Crippen molar-refractivity contribution in [2.45, 2.75) is 70.7 Å². The standard InChI is InChI=1S/C23H33N3O7/c1-4-9-32-16-8-7-12(24-23-20(30)19(29)18(28)17(11-27)33-23)10-14(16)21-25-15(6-3)13(5-2)22(31)26-21/h7-8,10,17-20,23-24,27-30H,4-6,9,11H2,1-3H3,(H,25,26,31). The van der Waals surface area contributed by atoms with Gasteiger partial charge in [-0.1, -0.05) is 20.8 Å². The Morgan fingerprint density at radius 3 is 2.52 bits per heavy atom. The summed E-state index contributed by atoms with van der Waals surface area (Å²) in [6, 6.07) is 5.13. The van der Waals surface area contributed by atoms with Crippen molar-refractivity contribution in [1.29, 1.82) is 0 Å². The molecule has 10 heteroatoms. The van der Waals surface area contributed by atoms with E-state index in [0.717, 1.165) is 6.42 Å². The molecule has 5 unspecified atom stereocenters. The van der Waals surface area contributed by atoms with Crippen molar-refractivity contribution in [1.82, 2.24) is 9.97 Å². The van der Waals surface area contributed by atoms with Gasteiger partial charge in [0, 0.05) is 11.3 Å². The molecule has 3 rings (SSSR count). The Bertz CT molecular complexity index is 995. The molecule has 1 saturated heterocycles. The van der Waals surface area contributed by atoms with Crippen molar-refractivity contribution >= 4 is 5.69 Å². The lowest BCUT2D eigenvalue weighted by molar-refractivity contribution is -0.221. The van der Waals surface area contributed by atoms with Gasteiger partial charge in [0.1, 0.15) is 36.0 Å². The summed E-state index contributed by atoms with van der Waals surface area (Å²) in [5.74, 6) is 0.892. The van der Waals surface area contributed by atoms with Gasteiger partial charge in [-0.3, -0.25) is 4.79 Å². The second-order valence-electron chi connectivity index (χ2n) is 8.00. The fourth-order valence-corrected chi connectivity index (χ4v) is 3.86. The van der Waals surface area contributed by atoms with Crippen molar-refractivity contribution in [2.24, 2.45) is 0 Å². The van der Waals surface area contributed by atoms with Crippen LogP contribution < -0.4 is 15.6 Å². The second-order valence-corrected chi connectivity index (χ2v) is 8.00. The van der Waals surface area contributed by atoms with Crippen LogP contribution in [0.1, 0.15) is 38.4 Å². The maximum atomic E-state index is 12.7. The highest BCUT2D eigenvalue weighted by Crippen LogP contribution is 2.32. The van der Waals surface area contributed by atoms with Gasteiger partial charge < -0.3 is 40.2 Å². The van der Waals surface area contributed by atoms with E-state index in [1.54, 1.807) is 18.2 Å². The zero-order valence-corrected chi connectivity index (χ0v) is 19.1. The third kappa shape index (κ3) is 5.36.